The highest BCUT2D eigenvalue weighted by Crippen LogP contribution is 2.34. The van der Waals surface area contributed by atoms with Gasteiger partial charge >= 0.3 is 6.18 Å². The van der Waals surface area contributed by atoms with Crippen LogP contribution >= 0.6 is 0 Å². The van der Waals surface area contributed by atoms with Gasteiger partial charge in [-0.05, 0) is 49.8 Å². The number of anilines is 1. The van der Waals surface area contributed by atoms with Gasteiger partial charge in [0.1, 0.15) is 0 Å². The molecule has 2 fully saturated rings. The van der Waals surface area contributed by atoms with Crippen molar-refractivity contribution < 1.29 is 13.2 Å². The molecule has 1 aliphatic carbocycles. The van der Waals surface area contributed by atoms with E-state index in [-0.39, 0.29) is 0 Å². The summed E-state index contributed by atoms with van der Waals surface area (Å²) in [6.45, 7) is 2.38. The average Bonchev–Trinajstić information content (AvgIpc) is 3.29. The molecule has 0 aromatic heterocycles. The van der Waals surface area contributed by atoms with Gasteiger partial charge in [0.25, 0.3) is 0 Å². The normalized spacial score (nSPS) is 19.9. The Morgan fingerprint density at radius 1 is 1.10 bits per heavy atom. The third kappa shape index (κ3) is 3.70. The molecule has 3 rings (SSSR count). The standard InChI is InChI=1S/C16H21F3N2/c17-16(18,19)13-5-4-12(11-20-14-6-7-14)15(10-13)21-8-2-1-3-9-21/h4-5,10,14,20H,1-3,6-9,11H2. The summed E-state index contributed by atoms with van der Waals surface area (Å²) in [6, 6.07) is 4.73. The molecule has 1 saturated heterocycles. The zero-order valence-corrected chi connectivity index (χ0v) is 12.0. The van der Waals surface area contributed by atoms with E-state index in [9.17, 15) is 13.2 Å². The lowest BCUT2D eigenvalue weighted by molar-refractivity contribution is -0.137. The molecule has 0 amide bonds. The lowest BCUT2D eigenvalue weighted by Gasteiger charge is -2.31. The van der Waals surface area contributed by atoms with Crippen LogP contribution in [0.15, 0.2) is 18.2 Å². The first-order valence-corrected chi connectivity index (χ1v) is 7.72. The van der Waals surface area contributed by atoms with Gasteiger partial charge in [-0.1, -0.05) is 6.07 Å². The van der Waals surface area contributed by atoms with Gasteiger partial charge in [0, 0.05) is 31.4 Å². The minimum absolute atomic E-state index is 0.543. The second kappa shape index (κ2) is 5.87. The number of piperidine rings is 1. The van der Waals surface area contributed by atoms with Crippen LogP contribution in [0.4, 0.5) is 18.9 Å². The molecule has 21 heavy (non-hydrogen) atoms. The molecule has 0 spiro atoms. The fourth-order valence-electron chi connectivity index (χ4n) is 2.86. The van der Waals surface area contributed by atoms with Crippen molar-refractivity contribution in [2.24, 2.45) is 0 Å². The number of rotatable bonds is 4. The summed E-state index contributed by atoms with van der Waals surface area (Å²) < 4.78 is 38.9. The fourth-order valence-corrected chi connectivity index (χ4v) is 2.86. The monoisotopic (exact) mass is 298 g/mol. The minimum Gasteiger partial charge on any atom is -0.371 e. The van der Waals surface area contributed by atoms with Crippen molar-refractivity contribution in [3.63, 3.8) is 0 Å². The third-order valence-corrected chi connectivity index (χ3v) is 4.27. The lowest BCUT2D eigenvalue weighted by Crippen LogP contribution is -2.31. The van der Waals surface area contributed by atoms with Crippen molar-refractivity contribution in [1.82, 2.24) is 5.32 Å². The molecular weight excluding hydrogens is 277 g/mol. The molecular formula is C16H21F3N2. The zero-order chi connectivity index (χ0) is 14.9. The summed E-state index contributed by atoms with van der Waals surface area (Å²) in [5.41, 5.74) is 1.20. The van der Waals surface area contributed by atoms with E-state index in [2.05, 4.69) is 10.2 Å². The highest BCUT2D eigenvalue weighted by atomic mass is 19.4. The predicted molar refractivity (Wildman–Crippen MR) is 77.4 cm³/mol. The highest BCUT2D eigenvalue weighted by Gasteiger charge is 2.32. The van der Waals surface area contributed by atoms with Gasteiger partial charge in [-0.3, -0.25) is 0 Å². The van der Waals surface area contributed by atoms with E-state index in [1.807, 2.05) is 0 Å². The third-order valence-electron chi connectivity index (χ3n) is 4.27. The fraction of sp³-hybridized carbons (Fsp3) is 0.625. The van der Waals surface area contributed by atoms with Crippen molar-refractivity contribution in [2.45, 2.75) is 50.9 Å². The highest BCUT2D eigenvalue weighted by molar-refractivity contribution is 5.56. The molecule has 1 aromatic carbocycles. The average molecular weight is 298 g/mol. The molecule has 0 radical (unpaired) electrons. The van der Waals surface area contributed by atoms with E-state index < -0.39 is 11.7 Å². The van der Waals surface area contributed by atoms with Gasteiger partial charge in [-0.2, -0.15) is 13.2 Å². The molecule has 1 N–H and O–H groups in total. The molecule has 1 aromatic rings. The molecule has 0 unspecified atom stereocenters. The van der Waals surface area contributed by atoms with Crippen LogP contribution in [0.1, 0.15) is 43.2 Å². The first-order chi connectivity index (χ1) is 10.0. The van der Waals surface area contributed by atoms with Gasteiger partial charge < -0.3 is 10.2 Å². The summed E-state index contributed by atoms with van der Waals surface area (Å²) in [4.78, 5) is 2.11. The second-order valence-electron chi connectivity index (χ2n) is 6.04. The Morgan fingerprint density at radius 2 is 1.81 bits per heavy atom. The topological polar surface area (TPSA) is 15.3 Å². The van der Waals surface area contributed by atoms with Crippen LogP contribution in [0.2, 0.25) is 0 Å². The summed E-state index contributed by atoms with van der Waals surface area (Å²) >= 11 is 0. The first kappa shape index (κ1) is 14.7. The van der Waals surface area contributed by atoms with Gasteiger partial charge in [0.05, 0.1) is 5.56 Å². The summed E-state index contributed by atoms with van der Waals surface area (Å²) in [5, 5.41) is 3.40. The van der Waals surface area contributed by atoms with E-state index in [1.54, 1.807) is 6.07 Å². The molecule has 5 heteroatoms. The second-order valence-corrected chi connectivity index (χ2v) is 6.04. The number of halogens is 3. The van der Waals surface area contributed by atoms with E-state index in [1.165, 1.54) is 31.4 Å². The van der Waals surface area contributed by atoms with Crippen molar-refractivity contribution in [3.8, 4) is 0 Å². The van der Waals surface area contributed by atoms with Crippen LogP contribution in [0.3, 0.4) is 0 Å². The van der Waals surface area contributed by atoms with E-state index in [4.69, 9.17) is 0 Å². The number of benzene rings is 1. The molecule has 0 bridgehead atoms. The van der Waals surface area contributed by atoms with Crippen molar-refractivity contribution in [3.05, 3.63) is 29.3 Å². The molecule has 1 heterocycles. The summed E-state index contributed by atoms with van der Waals surface area (Å²) in [7, 11) is 0. The number of hydrogen-bond donors (Lipinski definition) is 1. The zero-order valence-electron chi connectivity index (χ0n) is 12.0. The van der Waals surface area contributed by atoms with Crippen LogP contribution in [0.25, 0.3) is 0 Å². The number of alkyl halides is 3. The van der Waals surface area contributed by atoms with Crippen LogP contribution in [0.5, 0.6) is 0 Å². The predicted octanol–water partition coefficient (Wildman–Crippen LogP) is 3.95. The van der Waals surface area contributed by atoms with E-state index in [0.29, 0.717) is 12.6 Å². The van der Waals surface area contributed by atoms with Gasteiger partial charge in [-0.25, -0.2) is 0 Å². The summed E-state index contributed by atoms with van der Waals surface area (Å²) in [5.74, 6) is 0. The molecule has 0 atom stereocenters. The maximum absolute atomic E-state index is 13.0. The van der Waals surface area contributed by atoms with Crippen LogP contribution < -0.4 is 10.2 Å². The van der Waals surface area contributed by atoms with E-state index >= 15 is 0 Å². The number of nitrogens with zero attached hydrogens (tertiary/aromatic N) is 1. The lowest BCUT2D eigenvalue weighted by atomic mass is 10.0. The Bertz CT molecular complexity index is 489. The first-order valence-electron chi connectivity index (χ1n) is 7.72. The van der Waals surface area contributed by atoms with Gasteiger partial charge in [0.2, 0.25) is 0 Å². The largest absolute Gasteiger partial charge is 0.416 e. The molecule has 1 aliphatic heterocycles. The van der Waals surface area contributed by atoms with Crippen molar-refractivity contribution in [2.75, 3.05) is 18.0 Å². The number of hydrogen-bond acceptors (Lipinski definition) is 2. The Hall–Kier alpha value is -1.23. The molecule has 2 aliphatic rings. The molecule has 116 valence electrons. The van der Waals surface area contributed by atoms with Crippen molar-refractivity contribution >= 4 is 5.69 Å². The van der Waals surface area contributed by atoms with Crippen LogP contribution in [-0.4, -0.2) is 19.1 Å². The Labute approximate surface area is 123 Å². The Balaban J connectivity index is 1.85. The van der Waals surface area contributed by atoms with Gasteiger partial charge in [-0.15, -0.1) is 0 Å². The molecule has 1 saturated carbocycles. The minimum atomic E-state index is -4.27. The Kier molecular flexibility index (Phi) is 4.11. The van der Waals surface area contributed by atoms with Gasteiger partial charge in [0.15, 0.2) is 0 Å². The maximum atomic E-state index is 13.0. The SMILES string of the molecule is FC(F)(F)c1ccc(CNC2CC2)c(N2CCCCC2)c1. The molecule has 2 nitrogen and oxygen atoms in total. The summed E-state index contributed by atoms with van der Waals surface area (Å²) in [6.07, 6.45) is 1.38. The number of nitrogens with one attached hydrogen (secondary N) is 1. The van der Waals surface area contributed by atoms with Crippen LogP contribution in [-0.2, 0) is 12.7 Å². The maximum Gasteiger partial charge on any atom is 0.416 e. The van der Waals surface area contributed by atoms with Crippen LogP contribution in [0, 0.1) is 0 Å². The Morgan fingerprint density at radius 3 is 2.43 bits per heavy atom. The van der Waals surface area contributed by atoms with E-state index in [0.717, 1.165) is 37.2 Å². The smallest absolute Gasteiger partial charge is 0.371 e. The van der Waals surface area contributed by atoms with Crippen molar-refractivity contribution in [1.29, 1.82) is 0 Å². The quantitative estimate of drug-likeness (QED) is 0.905.